The van der Waals surface area contributed by atoms with E-state index in [4.69, 9.17) is 0 Å². The van der Waals surface area contributed by atoms with Crippen LogP contribution in [0.5, 0.6) is 0 Å². The van der Waals surface area contributed by atoms with Gasteiger partial charge in [0, 0.05) is 31.0 Å². The number of halogens is 4. The Kier molecular flexibility index (Phi) is 9.70. The minimum absolute atomic E-state index is 0. The number of alkyl halides is 3. The lowest BCUT2D eigenvalue weighted by atomic mass is 9.84. The number of nitrogens with one attached hydrogen (secondary N) is 3. The Balaban J connectivity index is 0.00000420. The molecule has 0 aliphatic heterocycles. The van der Waals surface area contributed by atoms with Crippen LogP contribution in [-0.4, -0.2) is 38.0 Å². The molecule has 164 valence electrons. The van der Waals surface area contributed by atoms with Crippen molar-refractivity contribution in [3.63, 3.8) is 0 Å². The number of carbonyl (C=O) groups is 1. The summed E-state index contributed by atoms with van der Waals surface area (Å²) in [4.78, 5) is 16.1. The monoisotopic (exact) mass is 526 g/mol. The van der Waals surface area contributed by atoms with Crippen molar-refractivity contribution in [1.29, 1.82) is 0 Å². The van der Waals surface area contributed by atoms with Gasteiger partial charge in [0.1, 0.15) is 0 Å². The van der Waals surface area contributed by atoms with Crippen molar-refractivity contribution in [3.8, 4) is 0 Å². The highest BCUT2D eigenvalue weighted by molar-refractivity contribution is 14.0. The number of hydrogen-bond acceptors (Lipinski definition) is 2. The smallest absolute Gasteiger partial charge is 0.357 e. The fourth-order valence-electron chi connectivity index (χ4n) is 2.68. The van der Waals surface area contributed by atoms with Crippen molar-refractivity contribution < 1.29 is 18.0 Å². The van der Waals surface area contributed by atoms with Crippen molar-refractivity contribution >= 4 is 35.8 Å². The van der Waals surface area contributed by atoms with Gasteiger partial charge >= 0.3 is 6.18 Å². The predicted octanol–water partition coefficient (Wildman–Crippen LogP) is 3.68. The van der Waals surface area contributed by atoms with Crippen LogP contribution in [0.4, 0.5) is 13.2 Å². The van der Waals surface area contributed by atoms with Gasteiger partial charge in [0.15, 0.2) is 5.96 Å². The van der Waals surface area contributed by atoms with Crippen LogP contribution in [0.3, 0.4) is 0 Å². The van der Waals surface area contributed by atoms with Crippen molar-refractivity contribution in [1.82, 2.24) is 16.0 Å². The van der Waals surface area contributed by atoms with Crippen LogP contribution >= 0.6 is 24.0 Å². The second-order valence-electron chi connectivity index (χ2n) is 7.65. The summed E-state index contributed by atoms with van der Waals surface area (Å²) in [5.74, 6) is 0.841. The molecule has 0 radical (unpaired) electrons. The molecule has 5 nitrogen and oxygen atoms in total. The number of rotatable bonds is 8. The lowest BCUT2D eigenvalue weighted by Gasteiger charge is -2.25. The zero-order valence-electron chi connectivity index (χ0n) is 17.0. The Morgan fingerprint density at radius 2 is 1.72 bits per heavy atom. The Morgan fingerprint density at radius 3 is 2.31 bits per heavy atom. The maximum Gasteiger partial charge on any atom is 0.416 e. The Bertz CT molecular complexity index is 703. The van der Waals surface area contributed by atoms with Crippen molar-refractivity contribution in [2.75, 3.05) is 26.2 Å². The van der Waals surface area contributed by atoms with Gasteiger partial charge in [-0.1, -0.05) is 32.0 Å². The van der Waals surface area contributed by atoms with Crippen LogP contribution < -0.4 is 16.0 Å². The molecule has 3 N–H and O–H groups in total. The first-order valence-electron chi connectivity index (χ1n) is 9.61. The minimum Gasteiger partial charge on any atom is -0.357 e. The Morgan fingerprint density at radius 1 is 1.10 bits per heavy atom. The first kappa shape index (κ1) is 25.5. The highest BCUT2D eigenvalue weighted by atomic mass is 127. The van der Waals surface area contributed by atoms with E-state index in [1.807, 2.05) is 20.8 Å². The van der Waals surface area contributed by atoms with Crippen LogP contribution in [0.2, 0.25) is 0 Å². The van der Waals surface area contributed by atoms with Gasteiger partial charge in [-0.15, -0.1) is 24.0 Å². The van der Waals surface area contributed by atoms with Crippen LogP contribution in [0, 0.1) is 5.92 Å². The average Bonchev–Trinajstić information content (AvgIpc) is 3.47. The van der Waals surface area contributed by atoms with E-state index < -0.39 is 17.2 Å². The summed E-state index contributed by atoms with van der Waals surface area (Å²) in [5.41, 5.74) is -0.638. The van der Waals surface area contributed by atoms with E-state index in [0.717, 1.165) is 18.9 Å². The van der Waals surface area contributed by atoms with Gasteiger partial charge in [-0.05, 0) is 31.4 Å². The van der Waals surface area contributed by atoms with E-state index in [0.29, 0.717) is 37.7 Å². The fourth-order valence-corrected chi connectivity index (χ4v) is 2.68. The SMILES string of the molecule is CCNC(=NCC(C)(C)c1cccc(C(F)(F)F)c1)NCCNC(=O)C1CC1.I. The maximum absolute atomic E-state index is 13.0. The number of benzene rings is 1. The van der Waals surface area contributed by atoms with E-state index in [-0.39, 0.29) is 35.8 Å². The normalized spacial score (nSPS) is 14.8. The molecule has 1 saturated carbocycles. The second kappa shape index (κ2) is 11.0. The fraction of sp³-hybridized carbons (Fsp3) is 0.600. The molecule has 0 atom stereocenters. The number of aliphatic imine (C=N–C) groups is 1. The highest BCUT2D eigenvalue weighted by Crippen LogP contribution is 2.33. The topological polar surface area (TPSA) is 65.5 Å². The molecule has 1 fully saturated rings. The van der Waals surface area contributed by atoms with E-state index in [1.165, 1.54) is 12.1 Å². The molecule has 2 rings (SSSR count). The molecule has 1 aliphatic carbocycles. The Hall–Kier alpha value is -1.52. The third kappa shape index (κ3) is 8.39. The maximum atomic E-state index is 13.0. The number of amides is 1. The third-order valence-electron chi connectivity index (χ3n) is 4.61. The van der Waals surface area contributed by atoms with Gasteiger partial charge in [-0.2, -0.15) is 13.2 Å². The number of guanidine groups is 1. The molecule has 1 aromatic rings. The van der Waals surface area contributed by atoms with Gasteiger partial charge in [0.2, 0.25) is 5.91 Å². The number of carbonyl (C=O) groups excluding carboxylic acids is 1. The lowest BCUT2D eigenvalue weighted by Crippen LogP contribution is -2.42. The van der Waals surface area contributed by atoms with E-state index in [2.05, 4.69) is 20.9 Å². The van der Waals surface area contributed by atoms with Crippen LogP contribution in [-0.2, 0) is 16.4 Å². The van der Waals surface area contributed by atoms with Crippen molar-refractivity contribution in [3.05, 3.63) is 35.4 Å². The standard InChI is InChI=1S/C20H29F3N4O.HI/c1-4-24-18(26-11-10-25-17(28)14-8-9-14)27-13-19(2,3)15-6-5-7-16(12-15)20(21,22)23;/h5-7,12,14H,4,8-11,13H2,1-3H3,(H,25,28)(H2,24,26,27);1H. The highest BCUT2D eigenvalue weighted by Gasteiger charge is 2.32. The Labute approximate surface area is 187 Å². The van der Waals surface area contributed by atoms with Crippen LogP contribution in [0.25, 0.3) is 0 Å². The summed E-state index contributed by atoms with van der Waals surface area (Å²) in [6.45, 7) is 7.66. The molecule has 1 aliphatic rings. The predicted molar refractivity (Wildman–Crippen MR) is 120 cm³/mol. The van der Waals surface area contributed by atoms with E-state index >= 15 is 0 Å². The van der Waals surface area contributed by atoms with Gasteiger partial charge in [-0.25, -0.2) is 0 Å². The molecule has 0 saturated heterocycles. The average molecular weight is 526 g/mol. The first-order chi connectivity index (χ1) is 13.1. The van der Waals surface area contributed by atoms with E-state index in [9.17, 15) is 18.0 Å². The molecule has 0 spiro atoms. The molecule has 9 heteroatoms. The second-order valence-corrected chi connectivity index (χ2v) is 7.65. The third-order valence-corrected chi connectivity index (χ3v) is 4.61. The summed E-state index contributed by atoms with van der Waals surface area (Å²) < 4.78 is 38.9. The molecule has 0 aromatic heterocycles. The zero-order valence-corrected chi connectivity index (χ0v) is 19.4. The molecule has 1 amide bonds. The largest absolute Gasteiger partial charge is 0.416 e. The molecule has 0 heterocycles. The molecule has 0 bridgehead atoms. The van der Waals surface area contributed by atoms with Crippen LogP contribution in [0.15, 0.2) is 29.3 Å². The van der Waals surface area contributed by atoms with Crippen molar-refractivity contribution in [2.24, 2.45) is 10.9 Å². The molecule has 29 heavy (non-hydrogen) atoms. The summed E-state index contributed by atoms with van der Waals surface area (Å²) in [6, 6.07) is 5.38. The zero-order chi connectivity index (χ0) is 20.8. The van der Waals surface area contributed by atoms with Gasteiger partial charge in [0.25, 0.3) is 0 Å². The summed E-state index contributed by atoms with van der Waals surface area (Å²) in [5, 5.41) is 9.12. The van der Waals surface area contributed by atoms with E-state index in [1.54, 1.807) is 6.07 Å². The molecule has 0 unspecified atom stereocenters. The summed E-state index contributed by atoms with van der Waals surface area (Å²) in [6.07, 6.45) is -2.43. The van der Waals surface area contributed by atoms with Crippen LogP contribution in [0.1, 0.15) is 44.7 Å². The lowest BCUT2D eigenvalue weighted by molar-refractivity contribution is -0.137. The molecular weight excluding hydrogens is 496 g/mol. The number of hydrogen-bond donors (Lipinski definition) is 3. The van der Waals surface area contributed by atoms with Crippen molar-refractivity contribution in [2.45, 2.75) is 45.2 Å². The van der Waals surface area contributed by atoms with Gasteiger partial charge in [-0.3, -0.25) is 9.79 Å². The van der Waals surface area contributed by atoms with Gasteiger partial charge in [0.05, 0.1) is 12.1 Å². The van der Waals surface area contributed by atoms with Gasteiger partial charge < -0.3 is 16.0 Å². The quantitative estimate of drug-likeness (QED) is 0.210. The number of nitrogens with zero attached hydrogens (tertiary/aromatic N) is 1. The molecular formula is C20H30F3IN4O. The summed E-state index contributed by atoms with van der Waals surface area (Å²) in [7, 11) is 0. The first-order valence-corrected chi connectivity index (χ1v) is 9.61. The molecule has 1 aromatic carbocycles. The summed E-state index contributed by atoms with van der Waals surface area (Å²) >= 11 is 0. The minimum atomic E-state index is -4.36.